The smallest absolute Gasteiger partial charge is 0.0415 e. The third-order valence-corrected chi connectivity index (χ3v) is 5.32. The Morgan fingerprint density at radius 3 is 2.10 bits per heavy atom. The van der Waals surface area contributed by atoms with Crippen LogP contribution < -0.4 is 5.32 Å². The molecule has 0 bridgehead atoms. The molecule has 120 valence electrons. The highest BCUT2D eigenvalue weighted by Crippen LogP contribution is 2.35. The van der Waals surface area contributed by atoms with Gasteiger partial charge in [0.25, 0.3) is 0 Å². The van der Waals surface area contributed by atoms with E-state index in [4.69, 9.17) is 0 Å². The zero-order valence-corrected chi connectivity index (χ0v) is 16.1. The molecular weight excluding hydrogens is 322 g/mol. The van der Waals surface area contributed by atoms with Gasteiger partial charge in [0.2, 0.25) is 0 Å². The SMILES string of the molecule is CCCCC(CCC)(CCC)Nc1c(C)ccc(Br)c1C. The van der Waals surface area contributed by atoms with Crippen LogP contribution in [-0.2, 0) is 0 Å². The molecule has 1 rings (SSSR count). The van der Waals surface area contributed by atoms with Crippen molar-refractivity contribution in [2.45, 2.75) is 85.1 Å². The summed E-state index contributed by atoms with van der Waals surface area (Å²) in [5.41, 5.74) is 4.28. The number of anilines is 1. The molecule has 1 N–H and O–H groups in total. The van der Waals surface area contributed by atoms with E-state index >= 15 is 0 Å². The van der Waals surface area contributed by atoms with Gasteiger partial charge < -0.3 is 5.32 Å². The molecule has 1 aromatic carbocycles. The summed E-state index contributed by atoms with van der Waals surface area (Å²) in [4.78, 5) is 0. The summed E-state index contributed by atoms with van der Waals surface area (Å²) >= 11 is 3.68. The van der Waals surface area contributed by atoms with Crippen molar-refractivity contribution in [2.75, 3.05) is 5.32 Å². The molecule has 0 fully saturated rings. The number of benzene rings is 1. The molecule has 1 aromatic rings. The molecule has 0 saturated heterocycles. The van der Waals surface area contributed by atoms with E-state index in [1.54, 1.807) is 0 Å². The van der Waals surface area contributed by atoms with Gasteiger partial charge in [-0.2, -0.15) is 0 Å². The van der Waals surface area contributed by atoms with Gasteiger partial charge in [0.05, 0.1) is 0 Å². The lowest BCUT2D eigenvalue weighted by Crippen LogP contribution is -2.38. The quantitative estimate of drug-likeness (QED) is 0.503. The number of nitrogens with one attached hydrogen (secondary N) is 1. The van der Waals surface area contributed by atoms with E-state index in [-0.39, 0.29) is 5.54 Å². The van der Waals surface area contributed by atoms with Gasteiger partial charge in [-0.05, 0) is 50.3 Å². The molecule has 0 aliphatic rings. The predicted octanol–water partition coefficient (Wildman–Crippen LogP) is 7.01. The van der Waals surface area contributed by atoms with Crippen molar-refractivity contribution in [1.82, 2.24) is 0 Å². The van der Waals surface area contributed by atoms with E-state index in [1.807, 2.05) is 0 Å². The lowest BCUT2D eigenvalue weighted by molar-refractivity contribution is 0.355. The molecule has 0 unspecified atom stereocenters. The number of halogens is 1. The Labute approximate surface area is 140 Å². The van der Waals surface area contributed by atoms with Gasteiger partial charge >= 0.3 is 0 Å². The summed E-state index contributed by atoms with van der Waals surface area (Å²) in [6, 6.07) is 4.37. The second-order valence-corrected chi connectivity index (χ2v) is 7.23. The van der Waals surface area contributed by atoms with E-state index < -0.39 is 0 Å². The first kappa shape index (κ1) is 18.5. The summed E-state index contributed by atoms with van der Waals surface area (Å²) in [5, 5.41) is 3.98. The molecule has 0 spiro atoms. The summed E-state index contributed by atoms with van der Waals surface area (Å²) in [7, 11) is 0. The normalized spacial score (nSPS) is 11.7. The molecule has 0 heterocycles. The lowest BCUT2D eigenvalue weighted by Gasteiger charge is -2.37. The molecule has 0 radical (unpaired) electrons. The van der Waals surface area contributed by atoms with Crippen molar-refractivity contribution in [1.29, 1.82) is 0 Å². The monoisotopic (exact) mass is 353 g/mol. The minimum atomic E-state index is 0.260. The molecule has 0 aliphatic carbocycles. The molecule has 0 aromatic heterocycles. The van der Waals surface area contributed by atoms with Gasteiger partial charge in [0, 0.05) is 15.7 Å². The maximum absolute atomic E-state index is 3.98. The van der Waals surface area contributed by atoms with E-state index in [0.29, 0.717) is 0 Å². The van der Waals surface area contributed by atoms with Crippen LogP contribution >= 0.6 is 15.9 Å². The van der Waals surface area contributed by atoms with Crippen molar-refractivity contribution in [3.8, 4) is 0 Å². The van der Waals surface area contributed by atoms with Crippen LogP contribution in [0.4, 0.5) is 5.69 Å². The minimum Gasteiger partial charge on any atom is -0.379 e. The average Bonchev–Trinajstić information content (AvgIpc) is 2.46. The zero-order valence-electron chi connectivity index (χ0n) is 14.5. The Bertz CT molecular complexity index is 433. The molecule has 2 heteroatoms. The third kappa shape index (κ3) is 5.02. The third-order valence-electron chi connectivity index (χ3n) is 4.46. The van der Waals surface area contributed by atoms with Crippen LogP contribution in [0.15, 0.2) is 16.6 Å². The van der Waals surface area contributed by atoms with Gasteiger partial charge in [-0.25, -0.2) is 0 Å². The van der Waals surface area contributed by atoms with Gasteiger partial charge in [-0.15, -0.1) is 0 Å². The molecule has 0 atom stereocenters. The standard InChI is InChI=1S/C19H32BrN/c1-6-9-14-19(12-7-2,13-8-3)21-18-15(4)10-11-17(20)16(18)5/h10-11,21H,6-9,12-14H2,1-5H3. The number of aryl methyl sites for hydroxylation is 1. The van der Waals surface area contributed by atoms with E-state index in [0.717, 1.165) is 0 Å². The highest BCUT2D eigenvalue weighted by Gasteiger charge is 2.28. The number of unbranched alkanes of at least 4 members (excludes halogenated alkanes) is 1. The first-order valence-corrected chi connectivity index (χ1v) is 9.32. The molecule has 1 nitrogen and oxygen atoms in total. The van der Waals surface area contributed by atoms with Crippen LogP contribution in [0.3, 0.4) is 0 Å². The molecule has 0 saturated carbocycles. The Kier molecular flexibility index (Phi) is 7.79. The largest absolute Gasteiger partial charge is 0.379 e. The van der Waals surface area contributed by atoms with Crippen LogP contribution in [-0.4, -0.2) is 5.54 Å². The Balaban J connectivity index is 3.12. The maximum atomic E-state index is 3.98. The molecule has 21 heavy (non-hydrogen) atoms. The second kappa shape index (κ2) is 8.82. The number of hydrogen-bond acceptors (Lipinski definition) is 1. The fourth-order valence-corrected chi connectivity index (χ4v) is 3.64. The van der Waals surface area contributed by atoms with Gasteiger partial charge in [0.15, 0.2) is 0 Å². The summed E-state index contributed by atoms with van der Waals surface area (Å²) in [5.74, 6) is 0. The van der Waals surface area contributed by atoms with Crippen LogP contribution in [0.25, 0.3) is 0 Å². The maximum Gasteiger partial charge on any atom is 0.0415 e. The van der Waals surface area contributed by atoms with Crippen molar-refractivity contribution in [2.24, 2.45) is 0 Å². The topological polar surface area (TPSA) is 12.0 Å². The lowest BCUT2D eigenvalue weighted by atomic mass is 9.83. The second-order valence-electron chi connectivity index (χ2n) is 6.37. The van der Waals surface area contributed by atoms with Crippen LogP contribution in [0.2, 0.25) is 0 Å². The van der Waals surface area contributed by atoms with E-state index in [9.17, 15) is 0 Å². The molecule has 0 amide bonds. The van der Waals surface area contributed by atoms with Crippen LogP contribution in [0.1, 0.15) is 76.8 Å². The van der Waals surface area contributed by atoms with Gasteiger partial charge in [0.1, 0.15) is 0 Å². The average molecular weight is 354 g/mol. The predicted molar refractivity (Wildman–Crippen MR) is 99.3 cm³/mol. The van der Waals surface area contributed by atoms with Crippen LogP contribution in [0, 0.1) is 13.8 Å². The Morgan fingerprint density at radius 2 is 1.57 bits per heavy atom. The highest BCUT2D eigenvalue weighted by atomic mass is 79.9. The van der Waals surface area contributed by atoms with Crippen molar-refractivity contribution >= 4 is 21.6 Å². The van der Waals surface area contributed by atoms with E-state index in [2.05, 4.69) is 68.0 Å². The summed E-state index contributed by atoms with van der Waals surface area (Å²) in [6.07, 6.45) is 8.84. The first-order valence-electron chi connectivity index (χ1n) is 8.53. The fraction of sp³-hybridized carbons (Fsp3) is 0.684. The summed E-state index contributed by atoms with van der Waals surface area (Å²) in [6.45, 7) is 11.3. The van der Waals surface area contributed by atoms with E-state index in [1.165, 1.54) is 66.2 Å². The number of rotatable bonds is 9. The molecule has 0 aliphatic heterocycles. The first-order chi connectivity index (χ1) is 9.99. The molecular formula is C19H32BrN. The zero-order chi connectivity index (χ0) is 15.9. The minimum absolute atomic E-state index is 0.260. The van der Waals surface area contributed by atoms with Crippen molar-refractivity contribution < 1.29 is 0 Å². The summed E-state index contributed by atoms with van der Waals surface area (Å²) < 4.78 is 1.20. The fourth-order valence-electron chi connectivity index (χ4n) is 3.31. The number of hydrogen-bond donors (Lipinski definition) is 1. The van der Waals surface area contributed by atoms with Crippen molar-refractivity contribution in [3.05, 3.63) is 27.7 Å². The van der Waals surface area contributed by atoms with Crippen molar-refractivity contribution in [3.63, 3.8) is 0 Å². The highest BCUT2D eigenvalue weighted by molar-refractivity contribution is 9.10. The van der Waals surface area contributed by atoms with Gasteiger partial charge in [-0.1, -0.05) is 68.5 Å². The van der Waals surface area contributed by atoms with Gasteiger partial charge in [-0.3, -0.25) is 0 Å². The Morgan fingerprint density at radius 1 is 0.952 bits per heavy atom. The van der Waals surface area contributed by atoms with Crippen LogP contribution in [0.5, 0.6) is 0 Å². The Hall–Kier alpha value is -0.500.